The molecule has 0 aliphatic heterocycles. The Bertz CT molecular complexity index is 1220. The molecule has 8 heteroatoms. The average molecular weight is 437 g/mol. The molecule has 3 aromatic carbocycles. The van der Waals surface area contributed by atoms with E-state index in [0.29, 0.717) is 11.1 Å². The van der Waals surface area contributed by atoms with Crippen LogP contribution in [0.1, 0.15) is 21.5 Å². The summed E-state index contributed by atoms with van der Waals surface area (Å²) in [5.74, 6) is -1.80. The fourth-order valence-corrected chi connectivity index (χ4v) is 3.53. The quantitative estimate of drug-likeness (QED) is 0.432. The first-order valence-electron chi connectivity index (χ1n) is 9.17. The van der Waals surface area contributed by atoms with Gasteiger partial charge in [0.25, 0.3) is 5.91 Å². The van der Waals surface area contributed by atoms with Gasteiger partial charge in [-0.05, 0) is 55.0 Å². The number of carboxylic acids is 1. The molecule has 2 N–H and O–H groups in total. The van der Waals surface area contributed by atoms with Crippen LogP contribution in [0.3, 0.4) is 0 Å². The lowest BCUT2D eigenvalue weighted by atomic mass is 10.1. The summed E-state index contributed by atoms with van der Waals surface area (Å²) >= 11 is 0. The summed E-state index contributed by atoms with van der Waals surface area (Å²) in [7, 11) is -3.99. The predicted octanol–water partition coefficient (Wildman–Crippen LogP) is 3.62. The Morgan fingerprint density at radius 3 is 2.10 bits per heavy atom. The summed E-state index contributed by atoms with van der Waals surface area (Å²) in [5.41, 5.74) is 1.35. The minimum Gasteiger partial charge on any atom is -0.477 e. The third-order valence-corrected chi connectivity index (χ3v) is 5.48. The normalized spacial score (nSPS) is 11.6. The van der Waals surface area contributed by atoms with E-state index in [0.717, 1.165) is 5.56 Å². The minimum absolute atomic E-state index is 0.0267. The predicted molar refractivity (Wildman–Crippen MR) is 115 cm³/mol. The number of hydrogen-bond acceptors (Lipinski definition) is 5. The third-order valence-electron chi connectivity index (χ3n) is 4.22. The highest BCUT2D eigenvalue weighted by Crippen LogP contribution is 2.20. The molecule has 7 nitrogen and oxygen atoms in total. The molecule has 0 aliphatic rings. The third kappa shape index (κ3) is 5.80. The molecule has 0 atom stereocenters. The molecular weight excluding hydrogens is 418 g/mol. The van der Waals surface area contributed by atoms with E-state index in [1.807, 2.05) is 6.92 Å². The largest absolute Gasteiger partial charge is 0.477 e. The van der Waals surface area contributed by atoms with Gasteiger partial charge in [0, 0.05) is 5.56 Å². The molecular formula is C23H19NO6S. The average Bonchev–Trinajstić information content (AvgIpc) is 2.75. The monoisotopic (exact) mass is 437 g/mol. The van der Waals surface area contributed by atoms with Crippen molar-refractivity contribution in [3.63, 3.8) is 0 Å². The molecule has 1 amide bonds. The first-order valence-corrected chi connectivity index (χ1v) is 10.6. The lowest BCUT2D eigenvalue weighted by Gasteiger charge is -2.08. The van der Waals surface area contributed by atoms with E-state index >= 15 is 0 Å². The molecule has 0 aliphatic carbocycles. The summed E-state index contributed by atoms with van der Waals surface area (Å²) in [4.78, 5) is 23.8. The molecule has 0 aromatic heterocycles. The van der Waals surface area contributed by atoms with Gasteiger partial charge in [-0.3, -0.25) is 4.79 Å². The molecule has 0 fully saturated rings. The van der Waals surface area contributed by atoms with Gasteiger partial charge in [-0.2, -0.15) is 8.42 Å². The molecule has 0 heterocycles. The van der Waals surface area contributed by atoms with Crippen LogP contribution in [0.2, 0.25) is 0 Å². The van der Waals surface area contributed by atoms with Crippen molar-refractivity contribution >= 4 is 28.1 Å². The minimum atomic E-state index is -3.99. The van der Waals surface area contributed by atoms with Gasteiger partial charge in [0.1, 0.15) is 16.3 Å². The van der Waals surface area contributed by atoms with Crippen molar-refractivity contribution in [2.45, 2.75) is 11.8 Å². The molecule has 31 heavy (non-hydrogen) atoms. The number of nitrogens with one attached hydrogen (secondary N) is 1. The highest BCUT2D eigenvalue weighted by atomic mass is 32.2. The van der Waals surface area contributed by atoms with E-state index in [1.54, 1.807) is 42.5 Å². The molecule has 0 spiro atoms. The summed E-state index contributed by atoms with van der Waals surface area (Å²) in [6.07, 6.45) is 1.27. The highest BCUT2D eigenvalue weighted by Gasteiger charge is 2.17. The van der Waals surface area contributed by atoms with Gasteiger partial charge in [0.05, 0.1) is 0 Å². The van der Waals surface area contributed by atoms with Crippen molar-refractivity contribution in [1.29, 1.82) is 0 Å². The van der Waals surface area contributed by atoms with E-state index in [4.69, 9.17) is 4.18 Å². The molecule has 3 aromatic rings. The number of benzene rings is 3. The van der Waals surface area contributed by atoms with Gasteiger partial charge in [0.15, 0.2) is 0 Å². The van der Waals surface area contributed by atoms with Gasteiger partial charge < -0.3 is 14.6 Å². The Morgan fingerprint density at radius 1 is 0.903 bits per heavy atom. The van der Waals surface area contributed by atoms with Gasteiger partial charge >= 0.3 is 16.1 Å². The summed E-state index contributed by atoms with van der Waals surface area (Å²) < 4.78 is 29.8. The Balaban J connectivity index is 1.75. The second-order valence-corrected chi connectivity index (χ2v) is 8.15. The lowest BCUT2D eigenvalue weighted by molar-refractivity contribution is -0.132. The number of carbonyl (C=O) groups is 2. The van der Waals surface area contributed by atoms with Crippen molar-refractivity contribution in [3.8, 4) is 5.75 Å². The molecule has 3 rings (SSSR count). The molecule has 0 unspecified atom stereocenters. The first-order chi connectivity index (χ1) is 14.7. The number of hydrogen-bond donors (Lipinski definition) is 2. The van der Waals surface area contributed by atoms with E-state index < -0.39 is 22.0 Å². The maximum atomic E-state index is 12.4. The van der Waals surface area contributed by atoms with Crippen LogP contribution in [0, 0.1) is 6.92 Å². The van der Waals surface area contributed by atoms with Crippen LogP contribution in [0.5, 0.6) is 5.75 Å². The van der Waals surface area contributed by atoms with Crippen LogP contribution in [0.25, 0.3) is 6.08 Å². The molecule has 0 saturated heterocycles. The summed E-state index contributed by atoms with van der Waals surface area (Å²) in [5, 5.41) is 11.8. The van der Waals surface area contributed by atoms with E-state index in [-0.39, 0.29) is 16.3 Å². The Labute approximate surface area is 179 Å². The molecule has 158 valence electrons. The van der Waals surface area contributed by atoms with Gasteiger partial charge in [-0.15, -0.1) is 0 Å². The number of rotatable bonds is 7. The SMILES string of the molecule is Cc1ccc(S(=O)(=O)Oc2ccc(C=C(NC(=O)c3ccccc3)C(=O)O)cc2)cc1. The number of aryl methyl sites for hydroxylation is 1. The zero-order valence-corrected chi connectivity index (χ0v) is 17.3. The summed E-state index contributed by atoms with van der Waals surface area (Å²) in [6.45, 7) is 1.84. The smallest absolute Gasteiger partial charge is 0.352 e. The van der Waals surface area contributed by atoms with Crippen LogP contribution in [-0.2, 0) is 14.9 Å². The fraction of sp³-hybridized carbons (Fsp3) is 0.0435. The number of carbonyl (C=O) groups excluding carboxylic acids is 1. The highest BCUT2D eigenvalue weighted by molar-refractivity contribution is 7.87. The van der Waals surface area contributed by atoms with Crippen molar-refractivity contribution < 1.29 is 27.3 Å². The maximum Gasteiger partial charge on any atom is 0.352 e. The van der Waals surface area contributed by atoms with Gasteiger partial charge in [-0.1, -0.05) is 48.0 Å². The van der Waals surface area contributed by atoms with Crippen LogP contribution >= 0.6 is 0 Å². The van der Waals surface area contributed by atoms with Crippen LogP contribution in [-0.4, -0.2) is 25.4 Å². The number of aliphatic carboxylic acids is 1. The van der Waals surface area contributed by atoms with Crippen molar-refractivity contribution in [3.05, 3.63) is 101 Å². The van der Waals surface area contributed by atoms with Crippen LogP contribution in [0.4, 0.5) is 0 Å². The Morgan fingerprint density at radius 2 is 1.52 bits per heavy atom. The lowest BCUT2D eigenvalue weighted by Crippen LogP contribution is -2.27. The van der Waals surface area contributed by atoms with E-state index in [1.165, 1.54) is 42.5 Å². The Kier molecular flexibility index (Phi) is 6.52. The number of amides is 1. The van der Waals surface area contributed by atoms with Crippen molar-refractivity contribution in [2.75, 3.05) is 0 Å². The topological polar surface area (TPSA) is 110 Å². The van der Waals surface area contributed by atoms with E-state index in [9.17, 15) is 23.1 Å². The van der Waals surface area contributed by atoms with Crippen molar-refractivity contribution in [1.82, 2.24) is 5.32 Å². The first kappa shape index (κ1) is 21.8. The zero-order valence-electron chi connectivity index (χ0n) is 16.5. The number of carboxylic acid groups (broad SMARTS) is 1. The van der Waals surface area contributed by atoms with Crippen molar-refractivity contribution in [2.24, 2.45) is 0 Å². The second kappa shape index (κ2) is 9.27. The Hall–Kier alpha value is -3.91. The standard InChI is InChI=1S/C23H19NO6S/c1-16-7-13-20(14-8-16)31(28,29)30-19-11-9-17(10-12-19)15-21(23(26)27)24-22(25)18-5-3-2-4-6-18/h2-15H,1H3,(H,24,25)(H,26,27). The molecule has 0 saturated carbocycles. The van der Waals surface area contributed by atoms with Gasteiger partial charge in [0.2, 0.25) is 0 Å². The van der Waals surface area contributed by atoms with E-state index in [2.05, 4.69) is 5.32 Å². The maximum absolute atomic E-state index is 12.4. The zero-order chi connectivity index (χ0) is 22.4. The fourth-order valence-electron chi connectivity index (χ4n) is 2.60. The van der Waals surface area contributed by atoms with Crippen LogP contribution in [0.15, 0.2) is 89.5 Å². The molecule has 0 bridgehead atoms. The second-order valence-electron chi connectivity index (χ2n) is 6.60. The van der Waals surface area contributed by atoms with Gasteiger partial charge in [-0.25, -0.2) is 4.79 Å². The summed E-state index contributed by atoms with van der Waals surface area (Å²) in [6, 6.07) is 20.2. The molecule has 0 radical (unpaired) electrons. The van der Waals surface area contributed by atoms with Crippen LogP contribution < -0.4 is 9.50 Å².